The number of para-hydroxylation sites is 2. The molecule has 0 saturated carbocycles. The van der Waals surface area contributed by atoms with E-state index in [4.69, 9.17) is 9.47 Å². The Morgan fingerprint density at radius 2 is 1.96 bits per heavy atom. The molecule has 5 heteroatoms. The van der Waals surface area contributed by atoms with E-state index in [1.54, 1.807) is 0 Å². The minimum Gasteiger partial charge on any atom is -0.486 e. The number of amides is 1. The van der Waals surface area contributed by atoms with Gasteiger partial charge in [-0.2, -0.15) is 0 Å². The monoisotopic (exact) mass is 341 g/mol. The zero-order chi connectivity index (χ0) is 16.5. The third-order valence-corrected chi connectivity index (χ3v) is 5.52. The van der Waals surface area contributed by atoms with Crippen molar-refractivity contribution in [1.29, 1.82) is 0 Å². The number of carbonyl (C=O) groups is 1. The summed E-state index contributed by atoms with van der Waals surface area (Å²) in [6, 6.07) is 13.6. The highest BCUT2D eigenvalue weighted by Gasteiger charge is 2.28. The zero-order valence-electron chi connectivity index (χ0n) is 13.5. The summed E-state index contributed by atoms with van der Waals surface area (Å²) < 4.78 is 11.3. The molecule has 2 aromatic carbocycles. The average Bonchev–Trinajstić information content (AvgIpc) is 2.79. The third kappa shape index (κ3) is 2.73. The number of benzene rings is 2. The molecule has 1 unspecified atom stereocenters. The smallest absolute Gasteiger partial charge is 0.262 e. The Balaban J connectivity index is 1.75. The molecule has 0 aliphatic carbocycles. The van der Waals surface area contributed by atoms with Crippen LogP contribution >= 0.6 is 11.8 Å². The molecule has 4 rings (SSSR count). The van der Waals surface area contributed by atoms with Crippen molar-refractivity contribution in [3.8, 4) is 11.5 Å². The van der Waals surface area contributed by atoms with Gasteiger partial charge in [0.2, 0.25) is 0 Å². The van der Waals surface area contributed by atoms with Crippen LogP contribution in [0.25, 0.3) is 0 Å². The number of thioether (sulfide) groups is 1. The number of rotatable bonds is 1. The maximum absolute atomic E-state index is 13.3. The number of carbonyl (C=O) groups excluding carboxylic acids is 1. The average molecular weight is 341 g/mol. The van der Waals surface area contributed by atoms with E-state index in [0.717, 1.165) is 17.0 Å². The number of hydrogen-bond donors (Lipinski definition) is 0. The topological polar surface area (TPSA) is 38.8 Å². The molecule has 0 aromatic heterocycles. The van der Waals surface area contributed by atoms with E-state index >= 15 is 0 Å². The molecule has 2 heterocycles. The molecule has 0 N–H and O–H groups in total. The van der Waals surface area contributed by atoms with Crippen LogP contribution in [0.4, 0.5) is 5.69 Å². The molecule has 0 spiro atoms. The van der Waals surface area contributed by atoms with Crippen LogP contribution in [0.15, 0.2) is 47.4 Å². The van der Waals surface area contributed by atoms with E-state index in [-0.39, 0.29) is 5.91 Å². The first-order valence-corrected chi connectivity index (χ1v) is 9.08. The van der Waals surface area contributed by atoms with Crippen LogP contribution in [0.3, 0.4) is 0 Å². The quantitative estimate of drug-likeness (QED) is 0.786. The molecule has 2 aliphatic heterocycles. The SMILES string of the molecule is CC1CCN(C(=O)c2cccc3c2OCCO3)c2ccccc2S1. The van der Waals surface area contributed by atoms with E-state index < -0.39 is 0 Å². The van der Waals surface area contributed by atoms with Gasteiger partial charge in [-0.15, -0.1) is 11.8 Å². The Bertz CT molecular complexity index is 777. The Labute approximate surface area is 145 Å². The lowest BCUT2D eigenvalue weighted by Gasteiger charge is -2.26. The fourth-order valence-electron chi connectivity index (χ4n) is 3.09. The Kier molecular flexibility index (Phi) is 4.10. The van der Waals surface area contributed by atoms with Crippen molar-refractivity contribution in [1.82, 2.24) is 0 Å². The molecule has 1 amide bonds. The molecule has 124 valence electrons. The maximum atomic E-state index is 13.3. The molecule has 4 nitrogen and oxygen atoms in total. The van der Waals surface area contributed by atoms with Crippen LogP contribution < -0.4 is 14.4 Å². The number of hydrogen-bond acceptors (Lipinski definition) is 4. The summed E-state index contributed by atoms with van der Waals surface area (Å²) in [5.41, 5.74) is 1.55. The van der Waals surface area contributed by atoms with E-state index in [1.807, 2.05) is 53.1 Å². The van der Waals surface area contributed by atoms with Crippen molar-refractivity contribution in [2.24, 2.45) is 0 Å². The van der Waals surface area contributed by atoms with Crippen LogP contribution in [-0.2, 0) is 0 Å². The summed E-state index contributed by atoms with van der Waals surface area (Å²) in [6.45, 7) is 3.90. The molecular weight excluding hydrogens is 322 g/mol. The Morgan fingerprint density at radius 1 is 1.12 bits per heavy atom. The van der Waals surface area contributed by atoms with Crippen LogP contribution in [0.5, 0.6) is 11.5 Å². The van der Waals surface area contributed by atoms with Gasteiger partial charge in [-0.25, -0.2) is 0 Å². The predicted octanol–water partition coefficient (Wildman–Crippen LogP) is 3.99. The van der Waals surface area contributed by atoms with Gasteiger partial charge < -0.3 is 14.4 Å². The predicted molar refractivity (Wildman–Crippen MR) is 95.5 cm³/mol. The van der Waals surface area contributed by atoms with Crippen molar-refractivity contribution in [2.75, 3.05) is 24.7 Å². The summed E-state index contributed by atoms with van der Waals surface area (Å²) in [6.07, 6.45) is 0.956. The highest BCUT2D eigenvalue weighted by molar-refractivity contribution is 8.00. The van der Waals surface area contributed by atoms with Crippen LogP contribution in [0, 0.1) is 0 Å². The summed E-state index contributed by atoms with van der Waals surface area (Å²) in [4.78, 5) is 16.3. The summed E-state index contributed by atoms with van der Waals surface area (Å²) in [5.74, 6) is 1.19. The largest absolute Gasteiger partial charge is 0.486 e. The van der Waals surface area contributed by atoms with Gasteiger partial charge in [0.1, 0.15) is 13.2 Å². The zero-order valence-corrected chi connectivity index (χ0v) is 14.3. The molecule has 0 saturated heterocycles. The van der Waals surface area contributed by atoms with Gasteiger partial charge >= 0.3 is 0 Å². The van der Waals surface area contributed by atoms with Gasteiger partial charge in [-0.3, -0.25) is 4.79 Å². The first-order valence-electron chi connectivity index (χ1n) is 8.20. The molecule has 0 bridgehead atoms. The van der Waals surface area contributed by atoms with Crippen LogP contribution in [0.2, 0.25) is 0 Å². The fourth-order valence-corrected chi connectivity index (χ4v) is 4.20. The van der Waals surface area contributed by atoms with E-state index in [1.165, 1.54) is 0 Å². The van der Waals surface area contributed by atoms with Crippen LogP contribution in [-0.4, -0.2) is 30.9 Å². The third-order valence-electron chi connectivity index (χ3n) is 4.29. The van der Waals surface area contributed by atoms with Crippen molar-refractivity contribution in [3.05, 3.63) is 48.0 Å². The summed E-state index contributed by atoms with van der Waals surface area (Å²) in [5, 5.41) is 0.480. The molecule has 2 aliphatic rings. The van der Waals surface area contributed by atoms with Crippen molar-refractivity contribution < 1.29 is 14.3 Å². The van der Waals surface area contributed by atoms with Crippen LogP contribution in [0.1, 0.15) is 23.7 Å². The van der Waals surface area contributed by atoms with Crippen molar-refractivity contribution in [2.45, 2.75) is 23.5 Å². The minimum atomic E-state index is -0.0282. The lowest BCUT2D eigenvalue weighted by molar-refractivity contribution is 0.0975. The maximum Gasteiger partial charge on any atom is 0.262 e. The van der Waals surface area contributed by atoms with E-state index in [2.05, 4.69) is 13.0 Å². The molecule has 24 heavy (non-hydrogen) atoms. The molecule has 1 atom stereocenters. The second kappa shape index (κ2) is 6.40. The number of anilines is 1. The minimum absolute atomic E-state index is 0.0282. The summed E-state index contributed by atoms with van der Waals surface area (Å²) >= 11 is 1.83. The van der Waals surface area contributed by atoms with Gasteiger partial charge in [0.25, 0.3) is 5.91 Å². The first-order chi connectivity index (χ1) is 11.7. The molecular formula is C19H19NO3S. The molecule has 0 fully saturated rings. The van der Waals surface area contributed by atoms with Gasteiger partial charge in [0.05, 0.1) is 11.3 Å². The van der Waals surface area contributed by atoms with E-state index in [0.29, 0.717) is 42.1 Å². The fraction of sp³-hybridized carbons (Fsp3) is 0.316. The Hall–Kier alpha value is -2.14. The highest BCUT2D eigenvalue weighted by atomic mass is 32.2. The lowest BCUT2D eigenvalue weighted by atomic mass is 10.1. The van der Waals surface area contributed by atoms with Gasteiger partial charge in [0, 0.05) is 16.7 Å². The first kappa shape index (κ1) is 15.4. The standard InChI is InChI=1S/C19H19NO3S/c1-13-9-10-20(15-6-2-3-8-17(15)24-13)19(21)14-5-4-7-16-18(14)23-12-11-22-16/h2-8,13H,9-12H2,1H3. The number of ether oxygens (including phenoxy) is 2. The highest BCUT2D eigenvalue weighted by Crippen LogP contribution is 2.40. The van der Waals surface area contributed by atoms with Gasteiger partial charge in [-0.1, -0.05) is 25.1 Å². The number of fused-ring (bicyclic) bond motifs is 2. The number of nitrogens with zero attached hydrogens (tertiary/aromatic N) is 1. The second-order valence-corrected chi connectivity index (χ2v) is 7.45. The van der Waals surface area contributed by atoms with Crippen molar-refractivity contribution >= 4 is 23.4 Å². The van der Waals surface area contributed by atoms with Gasteiger partial charge in [-0.05, 0) is 30.7 Å². The summed E-state index contributed by atoms with van der Waals surface area (Å²) in [7, 11) is 0. The second-order valence-electron chi connectivity index (χ2n) is 5.97. The lowest BCUT2D eigenvalue weighted by Crippen LogP contribution is -2.33. The molecule has 2 aromatic rings. The Morgan fingerprint density at radius 3 is 2.88 bits per heavy atom. The van der Waals surface area contributed by atoms with Crippen molar-refractivity contribution in [3.63, 3.8) is 0 Å². The van der Waals surface area contributed by atoms with E-state index in [9.17, 15) is 4.79 Å². The van der Waals surface area contributed by atoms with Gasteiger partial charge in [0.15, 0.2) is 11.5 Å². The normalized spacial score (nSPS) is 19.4. The molecule has 0 radical (unpaired) electrons.